The lowest BCUT2D eigenvalue weighted by Gasteiger charge is -1.99. The third-order valence-electron chi connectivity index (χ3n) is 2.61. The van der Waals surface area contributed by atoms with E-state index in [-0.39, 0.29) is 0 Å². The molecule has 2 aromatic heterocycles. The van der Waals surface area contributed by atoms with E-state index in [4.69, 9.17) is 0 Å². The van der Waals surface area contributed by atoms with Crippen molar-refractivity contribution >= 4 is 5.52 Å². The minimum atomic E-state index is 1.02. The van der Waals surface area contributed by atoms with Gasteiger partial charge in [-0.05, 0) is 6.07 Å². The van der Waals surface area contributed by atoms with Crippen molar-refractivity contribution in [3.8, 4) is 11.3 Å². The summed E-state index contributed by atoms with van der Waals surface area (Å²) in [6, 6.07) is 16.4. The lowest BCUT2D eigenvalue weighted by molar-refractivity contribution is -0.512. The molecule has 2 nitrogen and oxygen atoms in total. The fraction of sp³-hybridized carbons (Fsp3) is 0. The average Bonchev–Trinajstić information content (AvgIpc) is 2.39. The van der Waals surface area contributed by atoms with E-state index in [0.29, 0.717) is 0 Å². The standard InChI is InChI=1S/C14H11N2/c1-2-6-12(7-3-1)14-13-8-4-5-10-16(13)11-9-15-14/h1-11H/q+1. The summed E-state index contributed by atoms with van der Waals surface area (Å²) in [5.41, 5.74) is 3.28. The number of aromatic nitrogens is 2. The molecule has 0 radical (unpaired) electrons. The second-order valence-electron chi connectivity index (χ2n) is 3.64. The lowest BCUT2D eigenvalue weighted by Crippen LogP contribution is -2.21. The zero-order chi connectivity index (χ0) is 10.8. The van der Waals surface area contributed by atoms with Crippen molar-refractivity contribution in [2.24, 2.45) is 0 Å². The van der Waals surface area contributed by atoms with Crippen LogP contribution in [0.2, 0.25) is 0 Å². The van der Waals surface area contributed by atoms with Gasteiger partial charge in [-0.25, -0.2) is 4.98 Å². The van der Waals surface area contributed by atoms with Crippen LogP contribution in [0.5, 0.6) is 0 Å². The predicted octanol–water partition coefficient (Wildman–Crippen LogP) is 2.49. The number of benzene rings is 1. The molecule has 2 heterocycles. The molecule has 0 aliphatic heterocycles. The third-order valence-corrected chi connectivity index (χ3v) is 2.61. The molecule has 16 heavy (non-hydrogen) atoms. The van der Waals surface area contributed by atoms with Gasteiger partial charge in [0.15, 0.2) is 12.4 Å². The third kappa shape index (κ3) is 1.44. The summed E-state index contributed by atoms with van der Waals surface area (Å²) in [7, 11) is 0. The molecule has 0 spiro atoms. The van der Waals surface area contributed by atoms with E-state index in [1.807, 2.05) is 48.9 Å². The Kier molecular flexibility index (Phi) is 2.11. The molecule has 0 bridgehead atoms. The molecule has 0 saturated heterocycles. The first kappa shape index (κ1) is 9.04. The van der Waals surface area contributed by atoms with E-state index >= 15 is 0 Å². The number of hydrogen-bond acceptors (Lipinski definition) is 1. The topological polar surface area (TPSA) is 17.0 Å². The molecule has 0 N–H and O–H groups in total. The van der Waals surface area contributed by atoms with Crippen LogP contribution in [0, 0.1) is 0 Å². The first-order valence-electron chi connectivity index (χ1n) is 5.25. The first-order chi connectivity index (χ1) is 7.95. The highest BCUT2D eigenvalue weighted by Gasteiger charge is 2.09. The molecule has 0 aliphatic rings. The SMILES string of the molecule is c1ccc(-c2ncc[n+]3ccccc23)cc1. The van der Waals surface area contributed by atoms with Crippen LogP contribution in [0.4, 0.5) is 0 Å². The second kappa shape index (κ2) is 3.74. The monoisotopic (exact) mass is 207 g/mol. The van der Waals surface area contributed by atoms with Crippen molar-refractivity contribution in [2.75, 3.05) is 0 Å². The highest BCUT2D eigenvalue weighted by molar-refractivity contribution is 5.73. The van der Waals surface area contributed by atoms with Gasteiger partial charge in [-0.3, -0.25) is 0 Å². The van der Waals surface area contributed by atoms with Gasteiger partial charge in [0.2, 0.25) is 5.52 Å². The Morgan fingerprint density at radius 3 is 2.50 bits per heavy atom. The van der Waals surface area contributed by atoms with Gasteiger partial charge < -0.3 is 0 Å². The van der Waals surface area contributed by atoms with Crippen LogP contribution in [-0.2, 0) is 0 Å². The maximum absolute atomic E-state index is 4.46. The highest BCUT2D eigenvalue weighted by atomic mass is 14.9. The van der Waals surface area contributed by atoms with Gasteiger partial charge in [-0.2, -0.15) is 4.40 Å². The van der Waals surface area contributed by atoms with Crippen LogP contribution in [-0.4, -0.2) is 4.98 Å². The molecule has 76 valence electrons. The van der Waals surface area contributed by atoms with Crippen molar-refractivity contribution in [1.29, 1.82) is 0 Å². The van der Waals surface area contributed by atoms with Crippen LogP contribution in [0.1, 0.15) is 0 Å². The minimum absolute atomic E-state index is 1.02. The van der Waals surface area contributed by atoms with Crippen LogP contribution >= 0.6 is 0 Å². The van der Waals surface area contributed by atoms with Crippen molar-refractivity contribution in [1.82, 2.24) is 4.98 Å². The van der Waals surface area contributed by atoms with E-state index in [9.17, 15) is 0 Å². The highest BCUT2D eigenvalue weighted by Crippen LogP contribution is 2.18. The van der Waals surface area contributed by atoms with E-state index in [1.165, 1.54) is 0 Å². The summed E-state index contributed by atoms with van der Waals surface area (Å²) in [5, 5.41) is 0. The van der Waals surface area contributed by atoms with E-state index in [1.54, 1.807) is 0 Å². The van der Waals surface area contributed by atoms with Crippen molar-refractivity contribution in [3.05, 3.63) is 67.1 Å². The van der Waals surface area contributed by atoms with Crippen LogP contribution in [0.3, 0.4) is 0 Å². The molecule has 2 heteroatoms. The Balaban J connectivity index is 2.32. The molecule has 0 unspecified atom stereocenters. The van der Waals surface area contributed by atoms with Crippen LogP contribution in [0.25, 0.3) is 16.8 Å². The average molecular weight is 207 g/mol. The zero-order valence-electron chi connectivity index (χ0n) is 8.75. The van der Waals surface area contributed by atoms with Crippen molar-refractivity contribution in [3.63, 3.8) is 0 Å². The van der Waals surface area contributed by atoms with Gasteiger partial charge in [0.25, 0.3) is 0 Å². The predicted molar refractivity (Wildman–Crippen MR) is 62.8 cm³/mol. The largest absolute Gasteiger partial charge is 0.243 e. The number of nitrogens with zero attached hydrogens (tertiary/aromatic N) is 2. The molecular weight excluding hydrogens is 196 g/mol. The smallest absolute Gasteiger partial charge is 0.237 e. The minimum Gasteiger partial charge on any atom is -0.243 e. The fourth-order valence-corrected chi connectivity index (χ4v) is 1.85. The normalized spacial score (nSPS) is 10.5. The maximum Gasteiger partial charge on any atom is 0.237 e. The molecule has 0 saturated carbocycles. The molecule has 3 rings (SSSR count). The lowest BCUT2D eigenvalue weighted by atomic mass is 10.1. The maximum atomic E-state index is 4.46. The summed E-state index contributed by atoms with van der Waals surface area (Å²) in [6.45, 7) is 0. The summed E-state index contributed by atoms with van der Waals surface area (Å²) in [4.78, 5) is 4.46. The van der Waals surface area contributed by atoms with E-state index in [2.05, 4.69) is 27.6 Å². The molecular formula is C14H11N2+. The van der Waals surface area contributed by atoms with Crippen molar-refractivity contribution in [2.45, 2.75) is 0 Å². The molecule has 0 aliphatic carbocycles. The Hall–Kier alpha value is -2.22. The Labute approximate surface area is 93.8 Å². The quantitative estimate of drug-likeness (QED) is 0.560. The number of rotatable bonds is 1. The first-order valence-corrected chi connectivity index (χ1v) is 5.25. The number of pyridine rings is 1. The van der Waals surface area contributed by atoms with Gasteiger partial charge in [0.05, 0.1) is 6.20 Å². The summed E-state index contributed by atoms with van der Waals surface area (Å²) in [6.07, 6.45) is 5.82. The molecule has 1 aromatic carbocycles. The molecule has 0 atom stereocenters. The molecule has 3 aromatic rings. The summed E-state index contributed by atoms with van der Waals surface area (Å²) in [5.74, 6) is 0. The van der Waals surface area contributed by atoms with Crippen LogP contribution < -0.4 is 4.40 Å². The zero-order valence-corrected chi connectivity index (χ0v) is 8.75. The van der Waals surface area contributed by atoms with Gasteiger partial charge in [-0.1, -0.05) is 30.3 Å². The number of fused-ring (bicyclic) bond motifs is 1. The Bertz CT molecular complexity index is 612. The van der Waals surface area contributed by atoms with Gasteiger partial charge in [0.1, 0.15) is 5.69 Å². The van der Waals surface area contributed by atoms with Gasteiger partial charge >= 0.3 is 0 Å². The van der Waals surface area contributed by atoms with E-state index < -0.39 is 0 Å². The summed E-state index contributed by atoms with van der Waals surface area (Å²) >= 11 is 0. The Morgan fingerprint density at radius 2 is 1.62 bits per heavy atom. The van der Waals surface area contributed by atoms with Gasteiger partial charge in [-0.15, -0.1) is 0 Å². The van der Waals surface area contributed by atoms with Crippen molar-refractivity contribution < 1.29 is 4.40 Å². The number of hydrogen-bond donors (Lipinski definition) is 0. The van der Waals surface area contributed by atoms with E-state index in [0.717, 1.165) is 16.8 Å². The summed E-state index contributed by atoms with van der Waals surface area (Å²) < 4.78 is 2.08. The Morgan fingerprint density at radius 1 is 0.812 bits per heavy atom. The fourth-order valence-electron chi connectivity index (χ4n) is 1.85. The molecule has 0 amide bonds. The van der Waals surface area contributed by atoms with Gasteiger partial charge in [0, 0.05) is 17.7 Å². The molecule has 0 fully saturated rings. The van der Waals surface area contributed by atoms with Crippen LogP contribution in [0.15, 0.2) is 67.1 Å². The second-order valence-corrected chi connectivity index (χ2v) is 3.64.